The van der Waals surface area contributed by atoms with Crippen LogP contribution in [0.4, 0.5) is 5.69 Å². The van der Waals surface area contributed by atoms with Crippen molar-refractivity contribution in [1.29, 1.82) is 0 Å². The summed E-state index contributed by atoms with van der Waals surface area (Å²) in [5.74, 6) is -0.650. The summed E-state index contributed by atoms with van der Waals surface area (Å²) < 4.78 is 28.1. The molecule has 0 aliphatic carbocycles. The summed E-state index contributed by atoms with van der Waals surface area (Å²) in [6, 6.07) is 19.9. The first kappa shape index (κ1) is 24.4. The smallest absolute Gasteiger partial charge is 0.251 e. The van der Waals surface area contributed by atoms with Crippen LogP contribution >= 0.6 is 11.6 Å². The number of anilines is 1. The number of nitrogens with one attached hydrogen (secondary N) is 3. The fourth-order valence-corrected chi connectivity index (χ4v) is 4.70. The third-order valence-corrected chi connectivity index (χ3v) is 6.73. The number of hydrogen-bond acceptors (Lipinski definition) is 4. The molecular formula is C24H24ClN3O4S. The Morgan fingerprint density at radius 3 is 2.39 bits per heavy atom. The van der Waals surface area contributed by atoms with E-state index >= 15 is 0 Å². The standard InChI is InChI=1S/C24H24ClN3O4S/c1-16(19-9-6-10-21(13-19)28-17(2)29)27-24(30)20-11-12-22(25)23(14-20)33(31,32)26-15-18-7-4-3-5-8-18/h3-14,16,26H,15H2,1-2H3,(H,27,30)(H,28,29). The molecule has 0 saturated carbocycles. The molecule has 3 aromatic rings. The minimum Gasteiger partial charge on any atom is -0.346 e. The highest BCUT2D eigenvalue weighted by molar-refractivity contribution is 7.89. The van der Waals surface area contributed by atoms with Crippen LogP contribution in [0.1, 0.15) is 41.4 Å². The number of sulfonamides is 1. The topological polar surface area (TPSA) is 104 Å². The molecule has 3 rings (SSSR count). The van der Waals surface area contributed by atoms with Gasteiger partial charge in [-0.25, -0.2) is 13.1 Å². The maximum absolute atomic E-state index is 12.8. The Balaban J connectivity index is 1.75. The highest BCUT2D eigenvalue weighted by Gasteiger charge is 2.21. The lowest BCUT2D eigenvalue weighted by atomic mass is 10.1. The van der Waals surface area contributed by atoms with E-state index in [-0.39, 0.29) is 27.9 Å². The van der Waals surface area contributed by atoms with Gasteiger partial charge >= 0.3 is 0 Å². The van der Waals surface area contributed by atoms with Gasteiger partial charge in [0.15, 0.2) is 0 Å². The first-order valence-electron chi connectivity index (χ1n) is 10.2. The molecule has 172 valence electrons. The summed E-state index contributed by atoms with van der Waals surface area (Å²) in [7, 11) is -3.95. The predicted octanol–water partition coefficient (Wildman–Crippen LogP) is 4.27. The van der Waals surface area contributed by atoms with E-state index in [1.165, 1.54) is 25.1 Å². The van der Waals surface area contributed by atoms with E-state index in [9.17, 15) is 18.0 Å². The number of rotatable bonds is 8. The Kier molecular flexibility index (Phi) is 7.86. The van der Waals surface area contributed by atoms with Crippen molar-refractivity contribution >= 4 is 39.1 Å². The number of benzene rings is 3. The second-order valence-electron chi connectivity index (χ2n) is 7.46. The Bertz CT molecular complexity index is 1260. The molecular weight excluding hydrogens is 462 g/mol. The average Bonchev–Trinajstić information content (AvgIpc) is 2.78. The molecule has 0 aliphatic heterocycles. The van der Waals surface area contributed by atoms with E-state index in [2.05, 4.69) is 15.4 Å². The zero-order valence-electron chi connectivity index (χ0n) is 18.1. The second-order valence-corrected chi connectivity index (χ2v) is 9.60. The van der Waals surface area contributed by atoms with Crippen molar-refractivity contribution in [3.8, 4) is 0 Å². The Morgan fingerprint density at radius 2 is 1.70 bits per heavy atom. The molecule has 1 atom stereocenters. The molecule has 0 fully saturated rings. The van der Waals surface area contributed by atoms with Crippen molar-refractivity contribution < 1.29 is 18.0 Å². The second kappa shape index (κ2) is 10.6. The molecule has 0 spiro atoms. The molecule has 0 aliphatic rings. The van der Waals surface area contributed by atoms with Crippen LogP contribution in [0.2, 0.25) is 5.02 Å². The first-order chi connectivity index (χ1) is 15.7. The minimum absolute atomic E-state index is 0.0168. The lowest BCUT2D eigenvalue weighted by Crippen LogP contribution is -2.28. The Hall–Kier alpha value is -3.20. The molecule has 1 unspecified atom stereocenters. The van der Waals surface area contributed by atoms with E-state index in [1.807, 2.05) is 24.3 Å². The lowest BCUT2D eigenvalue weighted by molar-refractivity contribution is -0.114. The van der Waals surface area contributed by atoms with Crippen molar-refractivity contribution in [1.82, 2.24) is 10.0 Å². The zero-order valence-corrected chi connectivity index (χ0v) is 19.7. The third-order valence-electron chi connectivity index (χ3n) is 4.85. The summed E-state index contributed by atoms with van der Waals surface area (Å²) in [4.78, 5) is 23.9. The summed E-state index contributed by atoms with van der Waals surface area (Å²) in [6.07, 6.45) is 0. The molecule has 0 saturated heterocycles. The first-order valence-corrected chi connectivity index (χ1v) is 12.0. The average molecular weight is 486 g/mol. The fourth-order valence-electron chi connectivity index (χ4n) is 3.15. The largest absolute Gasteiger partial charge is 0.346 e. The molecule has 2 amide bonds. The zero-order chi connectivity index (χ0) is 24.0. The van der Waals surface area contributed by atoms with Gasteiger partial charge in [-0.05, 0) is 48.4 Å². The molecule has 33 heavy (non-hydrogen) atoms. The van der Waals surface area contributed by atoms with E-state index in [0.717, 1.165) is 11.1 Å². The van der Waals surface area contributed by atoms with Crippen molar-refractivity contribution in [3.05, 3.63) is 94.5 Å². The highest BCUT2D eigenvalue weighted by Crippen LogP contribution is 2.24. The van der Waals surface area contributed by atoms with Crippen LogP contribution in [0.3, 0.4) is 0 Å². The van der Waals surface area contributed by atoms with Crippen molar-refractivity contribution in [2.24, 2.45) is 0 Å². The van der Waals surface area contributed by atoms with E-state index in [0.29, 0.717) is 5.69 Å². The van der Waals surface area contributed by atoms with E-state index < -0.39 is 22.0 Å². The van der Waals surface area contributed by atoms with Crippen LogP contribution in [-0.2, 0) is 21.4 Å². The number of carbonyl (C=O) groups is 2. The predicted molar refractivity (Wildman–Crippen MR) is 129 cm³/mol. The maximum Gasteiger partial charge on any atom is 0.251 e. The molecule has 7 nitrogen and oxygen atoms in total. The molecule has 0 heterocycles. The van der Waals surface area contributed by atoms with Gasteiger partial charge < -0.3 is 10.6 Å². The fraction of sp³-hybridized carbons (Fsp3) is 0.167. The van der Waals surface area contributed by atoms with Crippen molar-refractivity contribution in [2.45, 2.75) is 31.3 Å². The van der Waals surface area contributed by atoms with Gasteiger partial charge in [0.1, 0.15) is 4.90 Å². The van der Waals surface area contributed by atoms with Gasteiger partial charge in [-0.1, -0.05) is 54.1 Å². The van der Waals surface area contributed by atoms with Gasteiger partial charge in [0.05, 0.1) is 11.1 Å². The van der Waals surface area contributed by atoms with E-state index in [1.54, 1.807) is 37.3 Å². The summed E-state index contributed by atoms with van der Waals surface area (Å²) >= 11 is 6.14. The minimum atomic E-state index is -3.95. The Morgan fingerprint density at radius 1 is 0.970 bits per heavy atom. The molecule has 0 aromatic heterocycles. The van der Waals surface area contributed by atoms with Gasteiger partial charge in [-0.15, -0.1) is 0 Å². The molecule has 3 aromatic carbocycles. The molecule has 0 bridgehead atoms. The summed E-state index contributed by atoms with van der Waals surface area (Å²) in [6.45, 7) is 3.30. The SMILES string of the molecule is CC(=O)Nc1cccc(C(C)NC(=O)c2ccc(Cl)c(S(=O)(=O)NCc3ccccc3)c2)c1. The quantitative estimate of drug-likeness (QED) is 0.443. The molecule has 0 radical (unpaired) electrons. The van der Waals surface area contributed by atoms with Crippen LogP contribution in [0.25, 0.3) is 0 Å². The highest BCUT2D eigenvalue weighted by atomic mass is 35.5. The molecule has 3 N–H and O–H groups in total. The number of hydrogen-bond donors (Lipinski definition) is 3. The summed E-state index contributed by atoms with van der Waals surface area (Å²) in [5.41, 5.74) is 2.34. The van der Waals surface area contributed by atoms with Gasteiger partial charge in [0.2, 0.25) is 15.9 Å². The van der Waals surface area contributed by atoms with Gasteiger partial charge in [0, 0.05) is 24.7 Å². The van der Waals surface area contributed by atoms with Gasteiger partial charge in [-0.2, -0.15) is 0 Å². The lowest BCUT2D eigenvalue weighted by Gasteiger charge is -2.16. The number of carbonyl (C=O) groups excluding carboxylic acids is 2. The molecule has 9 heteroatoms. The van der Waals surface area contributed by atoms with Crippen LogP contribution in [0, 0.1) is 0 Å². The van der Waals surface area contributed by atoms with Crippen LogP contribution in [0.5, 0.6) is 0 Å². The third kappa shape index (κ3) is 6.64. The Labute approximate surface area is 198 Å². The number of halogens is 1. The number of amides is 2. The van der Waals surface area contributed by atoms with Crippen molar-refractivity contribution in [3.63, 3.8) is 0 Å². The van der Waals surface area contributed by atoms with Crippen LogP contribution < -0.4 is 15.4 Å². The maximum atomic E-state index is 12.8. The van der Waals surface area contributed by atoms with Gasteiger partial charge in [-0.3, -0.25) is 9.59 Å². The monoisotopic (exact) mass is 485 g/mol. The van der Waals surface area contributed by atoms with Crippen LogP contribution in [0.15, 0.2) is 77.7 Å². The van der Waals surface area contributed by atoms with Crippen molar-refractivity contribution in [2.75, 3.05) is 5.32 Å². The normalized spacial score (nSPS) is 12.1. The van der Waals surface area contributed by atoms with Crippen LogP contribution in [-0.4, -0.2) is 20.2 Å². The summed E-state index contributed by atoms with van der Waals surface area (Å²) in [5, 5.41) is 5.56. The van der Waals surface area contributed by atoms with E-state index in [4.69, 9.17) is 11.6 Å². The van der Waals surface area contributed by atoms with Gasteiger partial charge in [0.25, 0.3) is 5.91 Å².